The number of anilines is 1. The predicted octanol–water partition coefficient (Wildman–Crippen LogP) is 1.64. The van der Waals surface area contributed by atoms with Gasteiger partial charge >= 0.3 is 8.03 Å². The lowest BCUT2D eigenvalue weighted by Crippen LogP contribution is -2.14. The number of nitrogens with one attached hydrogen (secondary N) is 2. The van der Waals surface area contributed by atoms with E-state index in [4.69, 9.17) is 0 Å². The Morgan fingerprint density at radius 3 is 2.36 bits per heavy atom. The van der Waals surface area contributed by atoms with E-state index in [-0.39, 0.29) is 10.9 Å². The summed E-state index contributed by atoms with van der Waals surface area (Å²) in [6.45, 7) is 0. The zero-order valence-corrected chi connectivity index (χ0v) is 13.1. The van der Waals surface area contributed by atoms with Crippen molar-refractivity contribution in [2.75, 3.05) is 19.4 Å². The minimum atomic E-state index is -2.74. The maximum Gasteiger partial charge on any atom is 0.348 e. The van der Waals surface area contributed by atoms with Crippen molar-refractivity contribution in [1.29, 1.82) is 0 Å². The van der Waals surface area contributed by atoms with Crippen molar-refractivity contribution in [3.63, 3.8) is 0 Å². The van der Waals surface area contributed by atoms with Crippen LogP contribution in [0.3, 0.4) is 0 Å². The largest absolute Gasteiger partial charge is 0.591 e. The molecule has 1 atom stereocenters. The Hall–Kier alpha value is -2.14. The standard InChI is InChI=1S/C13H9FNO3P.C2H7N/c14-10-4-2-5-11(8-10)15-13(16)9-3-1-6-12(7-9)19(17)18;1-3-2/h1-8H,(H,15,16);3H,1-2H3. The highest BCUT2D eigenvalue weighted by molar-refractivity contribution is 7.45. The van der Waals surface area contributed by atoms with Crippen LogP contribution in [0.1, 0.15) is 10.4 Å². The zero-order chi connectivity index (χ0) is 16.5. The van der Waals surface area contributed by atoms with E-state index in [2.05, 4.69) is 10.6 Å². The molecule has 0 aromatic heterocycles. The van der Waals surface area contributed by atoms with Crippen molar-refractivity contribution in [1.82, 2.24) is 5.32 Å². The highest BCUT2D eigenvalue weighted by atomic mass is 31.1. The molecule has 2 rings (SSSR count). The average molecular weight is 322 g/mol. The molecule has 0 heterocycles. The molecular formula is C15H16FN2O3P. The van der Waals surface area contributed by atoms with Crippen LogP contribution in [0.2, 0.25) is 0 Å². The minimum Gasteiger partial charge on any atom is -0.591 e. The normalized spacial score (nSPS) is 10.3. The SMILES string of the molecule is CNC.O=C(Nc1cccc(F)c1)c1cccc([P+](=O)[O-])c1. The first-order valence-electron chi connectivity index (χ1n) is 6.37. The Kier molecular flexibility index (Phi) is 7.32. The van der Waals surface area contributed by atoms with Gasteiger partial charge in [-0.05, 0) is 44.4 Å². The van der Waals surface area contributed by atoms with Crippen LogP contribution in [0, 0.1) is 5.82 Å². The van der Waals surface area contributed by atoms with Crippen molar-refractivity contribution in [2.24, 2.45) is 0 Å². The first-order chi connectivity index (χ1) is 10.5. The van der Waals surface area contributed by atoms with E-state index in [1.807, 2.05) is 14.1 Å². The van der Waals surface area contributed by atoms with Crippen LogP contribution in [0.5, 0.6) is 0 Å². The summed E-state index contributed by atoms with van der Waals surface area (Å²) in [6, 6.07) is 11.1. The smallest absolute Gasteiger partial charge is 0.348 e. The van der Waals surface area contributed by atoms with Gasteiger partial charge in [0, 0.05) is 17.3 Å². The Balaban J connectivity index is 0.000000745. The topological polar surface area (TPSA) is 81.3 Å². The van der Waals surface area contributed by atoms with E-state index in [0.29, 0.717) is 5.69 Å². The molecule has 0 saturated carbocycles. The zero-order valence-electron chi connectivity index (χ0n) is 12.2. The molecule has 0 saturated heterocycles. The van der Waals surface area contributed by atoms with E-state index < -0.39 is 19.8 Å². The molecule has 0 fully saturated rings. The van der Waals surface area contributed by atoms with Crippen LogP contribution in [-0.2, 0) is 4.57 Å². The molecule has 2 aromatic rings. The molecule has 1 amide bonds. The lowest BCUT2D eigenvalue weighted by Gasteiger charge is -2.05. The van der Waals surface area contributed by atoms with Gasteiger partial charge in [-0.1, -0.05) is 16.7 Å². The Bertz CT molecular complexity index is 665. The summed E-state index contributed by atoms with van der Waals surface area (Å²) in [5.74, 6) is -0.960. The molecule has 0 bridgehead atoms. The highest BCUT2D eigenvalue weighted by Gasteiger charge is 2.12. The molecule has 22 heavy (non-hydrogen) atoms. The monoisotopic (exact) mass is 322 g/mol. The maximum atomic E-state index is 13.0. The Morgan fingerprint density at radius 1 is 1.14 bits per heavy atom. The van der Waals surface area contributed by atoms with E-state index in [1.54, 1.807) is 6.07 Å². The number of hydrogen-bond acceptors (Lipinski definition) is 4. The van der Waals surface area contributed by atoms with Gasteiger partial charge in [0.15, 0.2) is 5.30 Å². The van der Waals surface area contributed by atoms with Gasteiger partial charge in [-0.2, -0.15) is 0 Å². The third kappa shape index (κ3) is 5.69. The van der Waals surface area contributed by atoms with E-state index in [1.165, 1.54) is 42.5 Å². The van der Waals surface area contributed by atoms with Crippen molar-refractivity contribution >= 4 is 24.9 Å². The molecule has 0 aliphatic rings. The van der Waals surface area contributed by atoms with Gasteiger partial charge in [0.05, 0.1) is 0 Å². The van der Waals surface area contributed by atoms with E-state index in [9.17, 15) is 18.6 Å². The van der Waals surface area contributed by atoms with Crippen molar-refractivity contribution in [2.45, 2.75) is 0 Å². The van der Waals surface area contributed by atoms with Crippen molar-refractivity contribution in [3.05, 3.63) is 59.9 Å². The number of rotatable bonds is 3. The molecule has 116 valence electrons. The van der Waals surface area contributed by atoms with Gasteiger partial charge in [0.2, 0.25) is 0 Å². The number of hydrogen-bond donors (Lipinski definition) is 2. The van der Waals surface area contributed by atoms with Gasteiger partial charge in [-0.15, -0.1) is 0 Å². The van der Waals surface area contributed by atoms with Crippen LogP contribution in [0.4, 0.5) is 10.1 Å². The minimum absolute atomic E-state index is 0.0573. The molecule has 0 spiro atoms. The fourth-order valence-corrected chi connectivity index (χ4v) is 1.98. The van der Waals surface area contributed by atoms with Crippen LogP contribution >= 0.6 is 8.03 Å². The number of carbonyl (C=O) groups excluding carboxylic acids is 1. The molecule has 1 unspecified atom stereocenters. The summed E-state index contributed by atoms with van der Waals surface area (Å²) in [5.41, 5.74) is 0.503. The molecule has 0 aliphatic carbocycles. The first-order valence-corrected chi connectivity index (χ1v) is 7.55. The third-order valence-corrected chi connectivity index (χ3v) is 3.10. The quantitative estimate of drug-likeness (QED) is 0.842. The second kappa shape index (κ2) is 9.00. The van der Waals surface area contributed by atoms with Crippen LogP contribution < -0.4 is 20.8 Å². The second-order valence-corrected chi connectivity index (χ2v) is 5.30. The summed E-state index contributed by atoms with van der Waals surface area (Å²) in [6.07, 6.45) is 0. The summed E-state index contributed by atoms with van der Waals surface area (Å²) >= 11 is 0. The van der Waals surface area contributed by atoms with Gasteiger partial charge < -0.3 is 15.5 Å². The maximum absolute atomic E-state index is 13.0. The van der Waals surface area contributed by atoms with Gasteiger partial charge in [-0.3, -0.25) is 4.79 Å². The molecule has 0 aliphatic heterocycles. The summed E-state index contributed by atoms with van der Waals surface area (Å²) in [7, 11) is 1.01. The number of halogens is 1. The molecule has 7 heteroatoms. The number of carbonyl (C=O) groups is 1. The lowest BCUT2D eigenvalue weighted by molar-refractivity contribution is -0.160. The first kappa shape index (κ1) is 17.9. The number of benzene rings is 2. The molecule has 2 N–H and O–H groups in total. The molecular weight excluding hydrogens is 306 g/mol. The van der Waals surface area contributed by atoms with E-state index >= 15 is 0 Å². The Labute approximate surface area is 129 Å². The van der Waals surface area contributed by atoms with Crippen LogP contribution in [0.25, 0.3) is 0 Å². The molecule has 2 aromatic carbocycles. The predicted molar refractivity (Wildman–Crippen MR) is 83.0 cm³/mol. The third-order valence-electron chi connectivity index (χ3n) is 2.40. The van der Waals surface area contributed by atoms with E-state index in [0.717, 1.165) is 0 Å². The number of amides is 1. The van der Waals surface area contributed by atoms with Crippen LogP contribution in [-0.4, -0.2) is 20.0 Å². The molecule has 0 radical (unpaired) electrons. The van der Waals surface area contributed by atoms with Gasteiger partial charge in [0.1, 0.15) is 5.82 Å². The van der Waals surface area contributed by atoms with Crippen molar-refractivity contribution < 1.29 is 18.6 Å². The lowest BCUT2D eigenvalue weighted by atomic mass is 10.2. The van der Waals surface area contributed by atoms with Gasteiger partial charge in [-0.25, -0.2) is 4.39 Å². The van der Waals surface area contributed by atoms with Crippen molar-refractivity contribution in [3.8, 4) is 0 Å². The fraction of sp³-hybridized carbons (Fsp3) is 0.133. The second-order valence-electron chi connectivity index (χ2n) is 4.27. The summed E-state index contributed by atoms with van der Waals surface area (Å²) in [5, 5.41) is 5.30. The summed E-state index contributed by atoms with van der Waals surface area (Å²) in [4.78, 5) is 22.7. The fourth-order valence-electron chi connectivity index (χ4n) is 1.53. The van der Waals surface area contributed by atoms with Gasteiger partial charge in [0.25, 0.3) is 5.91 Å². The highest BCUT2D eigenvalue weighted by Crippen LogP contribution is 2.13. The summed E-state index contributed by atoms with van der Waals surface area (Å²) < 4.78 is 23.8. The van der Waals surface area contributed by atoms with Crippen LogP contribution in [0.15, 0.2) is 48.5 Å². The Morgan fingerprint density at radius 2 is 1.77 bits per heavy atom. The molecule has 5 nitrogen and oxygen atoms in total. The average Bonchev–Trinajstić information content (AvgIpc) is 2.48.